The summed E-state index contributed by atoms with van der Waals surface area (Å²) in [4.78, 5) is 42.0. The first-order chi connectivity index (χ1) is 21.5. The maximum Gasteiger partial charge on any atom is 0.416 e. The molecule has 0 fully saturated rings. The van der Waals surface area contributed by atoms with E-state index in [-0.39, 0.29) is 17.0 Å². The molecule has 1 aromatic heterocycles. The lowest BCUT2D eigenvalue weighted by Crippen LogP contribution is -2.51. The molecule has 1 N–H and O–H groups in total. The average molecular weight is 646 g/mol. The molecule has 4 rings (SSSR count). The maximum absolute atomic E-state index is 15.7. The molecule has 3 aromatic carbocycles. The van der Waals surface area contributed by atoms with Crippen LogP contribution in [0.4, 0.5) is 26.7 Å². The van der Waals surface area contributed by atoms with Crippen LogP contribution in [0.1, 0.15) is 49.2 Å². The Morgan fingerprint density at radius 1 is 0.935 bits per heavy atom. The lowest BCUT2D eigenvalue weighted by molar-refractivity contribution is -0.138. The van der Waals surface area contributed by atoms with Crippen LogP contribution in [0.25, 0.3) is 11.1 Å². The molecule has 1 amide bonds. The van der Waals surface area contributed by atoms with Gasteiger partial charge in [-0.1, -0.05) is 48.5 Å². The van der Waals surface area contributed by atoms with Crippen LogP contribution in [0.5, 0.6) is 5.75 Å². The molecular weight excluding hydrogens is 613 g/mol. The summed E-state index contributed by atoms with van der Waals surface area (Å²) in [5, 5.41) is 10.3. The minimum atomic E-state index is -4.99. The van der Waals surface area contributed by atoms with E-state index >= 15 is 8.78 Å². The van der Waals surface area contributed by atoms with Crippen molar-refractivity contribution in [3.63, 3.8) is 0 Å². The Morgan fingerprint density at radius 3 is 2.13 bits per heavy atom. The molecule has 4 aromatic rings. The number of ether oxygens (including phenoxy) is 1. The monoisotopic (exact) mass is 645 g/mol. The van der Waals surface area contributed by atoms with Gasteiger partial charge in [0, 0.05) is 22.4 Å². The third kappa shape index (κ3) is 6.53. The number of benzene rings is 3. The lowest BCUT2D eigenvalue weighted by Gasteiger charge is -2.40. The highest BCUT2D eigenvalue weighted by atomic mass is 19.4. The van der Waals surface area contributed by atoms with Gasteiger partial charge >= 0.3 is 18.0 Å². The van der Waals surface area contributed by atoms with Crippen molar-refractivity contribution < 1.29 is 36.6 Å². The normalized spacial score (nSPS) is 12.6. The predicted octanol–water partition coefficient (Wildman–Crippen LogP) is 6.86. The molecule has 0 aliphatic heterocycles. The number of rotatable bonds is 8. The van der Waals surface area contributed by atoms with E-state index in [1.807, 2.05) is 0 Å². The number of hydrogen-bond donors (Lipinski definition) is 1. The van der Waals surface area contributed by atoms with Crippen molar-refractivity contribution in [1.29, 1.82) is 0 Å². The maximum atomic E-state index is 15.7. The van der Waals surface area contributed by atoms with Gasteiger partial charge < -0.3 is 9.84 Å². The van der Waals surface area contributed by atoms with Crippen molar-refractivity contribution in [3.8, 4) is 16.9 Å². The molecule has 0 saturated carbocycles. The highest BCUT2D eigenvalue weighted by molar-refractivity contribution is 5.68. The number of methoxy groups -OCH3 is 1. The summed E-state index contributed by atoms with van der Waals surface area (Å²) < 4.78 is 79.0. The van der Waals surface area contributed by atoms with E-state index in [1.165, 1.54) is 32.2 Å². The minimum absolute atomic E-state index is 0.239. The summed E-state index contributed by atoms with van der Waals surface area (Å²) in [6, 6.07) is 13.2. The van der Waals surface area contributed by atoms with Crippen LogP contribution in [0.3, 0.4) is 0 Å². The summed E-state index contributed by atoms with van der Waals surface area (Å²) >= 11 is 0. The Bertz CT molecular complexity index is 1880. The first-order valence-electron chi connectivity index (χ1n) is 14.1. The van der Waals surface area contributed by atoms with Crippen LogP contribution in [0, 0.1) is 18.6 Å². The quantitative estimate of drug-likeness (QED) is 0.212. The minimum Gasteiger partial charge on any atom is -0.494 e. The Kier molecular flexibility index (Phi) is 9.46. The molecular formula is C33H32F5N3O5. The molecule has 46 heavy (non-hydrogen) atoms. The highest BCUT2D eigenvalue weighted by Gasteiger charge is 2.37. The summed E-state index contributed by atoms with van der Waals surface area (Å²) in [7, 11) is 1.20. The number of hydrogen-bond acceptors (Lipinski definition) is 4. The molecule has 0 bridgehead atoms. The third-order valence-corrected chi connectivity index (χ3v) is 7.66. The van der Waals surface area contributed by atoms with Gasteiger partial charge in [-0.05, 0) is 51.5 Å². The van der Waals surface area contributed by atoms with Gasteiger partial charge in [0.25, 0.3) is 5.56 Å². The van der Waals surface area contributed by atoms with Gasteiger partial charge in [-0.25, -0.2) is 18.4 Å². The molecule has 1 unspecified atom stereocenters. The van der Waals surface area contributed by atoms with Crippen molar-refractivity contribution in [3.05, 3.63) is 122 Å². The summed E-state index contributed by atoms with van der Waals surface area (Å²) in [6.07, 6.45) is -6.36. The Balaban J connectivity index is 2.09. The van der Waals surface area contributed by atoms with Crippen LogP contribution < -0.4 is 16.0 Å². The second-order valence-corrected chi connectivity index (χ2v) is 11.6. The van der Waals surface area contributed by atoms with Crippen LogP contribution in [-0.4, -0.2) is 37.9 Å². The number of carboxylic acid groups (broad SMARTS) is 1. The van der Waals surface area contributed by atoms with Gasteiger partial charge in [0.1, 0.15) is 5.82 Å². The lowest BCUT2D eigenvalue weighted by atomic mass is 9.98. The number of carbonyl (C=O) groups is 1. The molecule has 0 aliphatic rings. The molecule has 0 spiro atoms. The standard InChI is InChI=1S/C33H32F5N3O5/c1-19-27(21-13-9-16-26(46-5)28(21)35)29(42)40(18-25(20-11-7-6-8-12-20)41(31(44)45)32(2,3)4)30(43)39(19)17-22-23(33(36,37)38)14-10-15-24(22)34/h6-16,25H,17-18H2,1-5H3,(H,44,45). The van der Waals surface area contributed by atoms with E-state index < -0.39 is 76.5 Å². The summed E-state index contributed by atoms with van der Waals surface area (Å²) in [6.45, 7) is 4.50. The zero-order chi connectivity index (χ0) is 34.1. The zero-order valence-electron chi connectivity index (χ0n) is 25.7. The first-order valence-corrected chi connectivity index (χ1v) is 14.1. The van der Waals surface area contributed by atoms with E-state index in [1.54, 1.807) is 51.1 Å². The fourth-order valence-electron chi connectivity index (χ4n) is 5.53. The largest absolute Gasteiger partial charge is 0.494 e. The van der Waals surface area contributed by atoms with Crippen molar-refractivity contribution >= 4 is 6.09 Å². The fraction of sp³-hybridized carbons (Fsp3) is 0.303. The third-order valence-electron chi connectivity index (χ3n) is 7.66. The average Bonchev–Trinajstić information content (AvgIpc) is 2.97. The van der Waals surface area contributed by atoms with Gasteiger partial charge in [-0.15, -0.1) is 0 Å². The van der Waals surface area contributed by atoms with Gasteiger partial charge in [0.05, 0.1) is 37.4 Å². The fourth-order valence-corrected chi connectivity index (χ4v) is 5.53. The number of aromatic nitrogens is 2. The number of halogens is 5. The first kappa shape index (κ1) is 33.9. The molecule has 13 heteroatoms. The van der Waals surface area contributed by atoms with Crippen molar-refractivity contribution in [1.82, 2.24) is 14.0 Å². The molecule has 244 valence electrons. The van der Waals surface area contributed by atoms with E-state index in [0.29, 0.717) is 16.2 Å². The van der Waals surface area contributed by atoms with Crippen molar-refractivity contribution in [2.45, 2.75) is 58.5 Å². The van der Waals surface area contributed by atoms with E-state index in [0.717, 1.165) is 21.6 Å². The SMILES string of the molecule is COc1cccc(-c2c(C)n(Cc3c(F)cccc3C(F)(F)F)c(=O)n(CC(c3ccccc3)N(C(=O)O)C(C)(C)C)c2=O)c1F. The topological polar surface area (TPSA) is 93.8 Å². The summed E-state index contributed by atoms with van der Waals surface area (Å²) in [5.41, 5.74) is -6.00. The number of alkyl halides is 3. The van der Waals surface area contributed by atoms with Crippen LogP contribution in [0.2, 0.25) is 0 Å². The molecule has 0 aliphatic carbocycles. The van der Waals surface area contributed by atoms with Gasteiger partial charge in [-0.2, -0.15) is 13.2 Å². The molecule has 1 atom stereocenters. The molecule has 0 radical (unpaired) electrons. The highest BCUT2D eigenvalue weighted by Crippen LogP contribution is 2.35. The Labute approximate surface area is 260 Å². The van der Waals surface area contributed by atoms with Gasteiger partial charge in [-0.3, -0.25) is 18.8 Å². The van der Waals surface area contributed by atoms with E-state index in [2.05, 4.69) is 0 Å². The van der Waals surface area contributed by atoms with Crippen LogP contribution in [0.15, 0.2) is 76.3 Å². The molecule has 1 heterocycles. The zero-order valence-corrected chi connectivity index (χ0v) is 25.7. The number of amides is 1. The van der Waals surface area contributed by atoms with E-state index in [9.17, 15) is 32.7 Å². The van der Waals surface area contributed by atoms with Crippen molar-refractivity contribution in [2.75, 3.05) is 7.11 Å². The van der Waals surface area contributed by atoms with Crippen LogP contribution in [-0.2, 0) is 19.3 Å². The van der Waals surface area contributed by atoms with Gasteiger partial charge in [0.15, 0.2) is 11.6 Å². The molecule has 8 nitrogen and oxygen atoms in total. The Hall–Kier alpha value is -4.94. The smallest absolute Gasteiger partial charge is 0.416 e. The second-order valence-electron chi connectivity index (χ2n) is 11.6. The van der Waals surface area contributed by atoms with E-state index in [4.69, 9.17) is 4.74 Å². The number of nitrogens with zero attached hydrogens (tertiary/aromatic N) is 3. The van der Waals surface area contributed by atoms with Crippen molar-refractivity contribution in [2.24, 2.45) is 0 Å². The predicted molar refractivity (Wildman–Crippen MR) is 161 cm³/mol. The second kappa shape index (κ2) is 12.8. The van der Waals surface area contributed by atoms with Gasteiger partial charge in [0.2, 0.25) is 0 Å². The molecule has 0 saturated heterocycles. The van der Waals surface area contributed by atoms with Crippen LogP contribution >= 0.6 is 0 Å². The summed E-state index contributed by atoms with van der Waals surface area (Å²) in [5.74, 6) is -2.48. The Morgan fingerprint density at radius 2 is 1.57 bits per heavy atom.